The second-order valence-corrected chi connectivity index (χ2v) is 5.18. The monoisotopic (exact) mass is 271 g/mol. The zero-order chi connectivity index (χ0) is 14.3. The molecule has 112 valence electrons. The average molecular weight is 271 g/mol. The van der Waals surface area contributed by atoms with Crippen LogP contribution in [0.15, 0.2) is 4.99 Å². The number of methoxy groups -OCH3 is 1. The molecule has 1 fully saturated rings. The number of nitrogens with zero attached hydrogens (tertiary/aromatic N) is 3. The molecule has 0 amide bonds. The Balaban J connectivity index is 2.52. The van der Waals surface area contributed by atoms with Crippen molar-refractivity contribution >= 4 is 5.96 Å². The summed E-state index contributed by atoms with van der Waals surface area (Å²) in [6.45, 7) is 11.2. The van der Waals surface area contributed by atoms with Gasteiger partial charge in [0, 0.05) is 39.3 Å². The second kappa shape index (κ2) is 8.35. The predicted octanol–water partition coefficient (Wildman–Crippen LogP) is 0.257. The Morgan fingerprint density at radius 3 is 2.42 bits per heavy atom. The van der Waals surface area contributed by atoms with Gasteiger partial charge in [-0.15, -0.1) is 0 Å². The maximum atomic E-state index is 5.59. The summed E-state index contributed by atoms with van der Waals surface area (Å²) in [6, 6.07) is 0.768. The molecule has 6 heteroatoms. The number of aliphatic imine (C=N–C) groups is 1. The molecule has 0 aliphatic carbocycles. The minimum Gasteiger partial charge on any atom is -0.382 e. The molecule has 0 aromatic rings. The van der Waals surface area contributed by atoms with Crippen molar-refractivity contribution in [3.63, 3.8) is 0 Å². The van der Waals surface area contributed by atoms with Crippen molar-refractivity contribution in [2.24, 2.45) is 10.8 Å². The number of hydrogen-bond acceptors (Lipinski definition) is 4. The van der Waals surface area contributed by atoms with E-state index in [4.69, 9.17) is 10.6 Å². The molecule has 19 heavy (non-hydrogen) atoms. The van der Waals surface area contributed by atoms with E-state index >= 15 is 0 Å². The van der Waals surface area contributed by atoms with Crippen LogP contribution in [0.2, 0.25) is 0 Å². The maximum Gasteiger partial charge on any atom is 0.208 e. The third-order valence-electron chi connectivity index (χ3n) is 3.71. The number of ether oxygens (including phenoxy) is 1. The highest BCUT2D eigenvalue weighted by molar-refractivity contribution is 5.79. The lowest BCUT2D eigenvalue weighted by Crippen LogP contribution is -2.55. The Hall–Kier alpha value is -0.850. The van der Waals surface area contributed by atoms with Crippen LogP contribution >= 0.6 is 0 Å². The quantitative estimate of drug-likeness (QED) is 0.325. The van der Waals surface area contributed by atoms with Crippen LogP contribution in [0.25, 0.3) is 0 Å². The summed E-state index contributed by atoms with van der Waals surface area (Å²) < 4.78 is 5.10. The van der Waals surface area contributed by atoms with Crippen LogP contribution in [0.4, 0.5) is 0 Å². The standard InChI is InChI=1S/C13H29N5O/c1-5-12(3)17-6-8-18(9-7-17)13(16-14)15-11(2)10-19-4/h11-12H,5-10,14H2,1-4H3,(H,15,16). The molecule has 0 bridgehead atoms. The van der Waals surface area contributed by atoms with Gasteiger partial charge in [-0.2, -0.15) is 0 Å². The molecule has 1 aliphatic heterocycles. The van der Waals surface area contributed by atoms with Crippen LogP contribution in [0.5, 0.6) is 0 Å². The van der Waals surface area contributed by atoms with E-state index < -0.39 is 0 Å². The Morgan fingerprint density at radius 2 is 1.95 bits per heavy atom. The van der Waals surface area contributed by atoms with Crippen molar-refractivity contribution in [1.82, 2.24) is 15.2 Å². The number of guanidine groups is 1. The van der Waals surface area contributed by atoms with E-state index in [9.17, 15) is 0 Å². The smallest absolute Gasteiger partial charge is 0.208 e. The number of hydrogen-bond donors (Lipinski definition) is 2. The molecule has 0 aromatic heterocycles. The number of piperazine rings is 1. The Morgan fingerprint density at radius 1 is 1.32 bits per heavy atom. The van der Waals surface area contributed by atoms with Crippen LogP contribution in [0.1, 0.15) is 27.2 Å². The van der Waals surface area contributed by atoms with Crippen molar-refractivity contribution in [3.8, 4) is 0 Å². The van der Waals surface area contributed by atoms with Gasteiger partial charge in [-0.25, -0.2) is 10.8 Å². The molecule has 1 rings (SSSR count). The molecule has 1 saturated heterocycles. The Labute approximate surface area is 117 Å². The first kappa shape index (κ1) is 16.2. The van der Waals surface area contributed by atoms with Crippen molar-refractivity contribution in [2.75, 3.05) is 39.9 Å². The van der Waals surface area contributed by atoms with Crippen molar-refractivity contribution in [1.29, 1.82) is 0 Å². The van der Waals surface area contributed by atoms with Gasteiger partial charge in [0.15, 0.2) is 0 Å². The van der Waals surface area contributed by atoms with E-state index in [2.05, 4.69) is 34.1 Å². The minimum absolute atomic E-state index is 0.114. The maximum absolute atomic E-state index is 5.59. The molecule has 0 radical (unpaired) electrons. The summed E-state index contributed by atoms with van der Waals surface area (Å²) in [5, 5.41) is 0. The van der Waals surface area contributed by atoms with E-state index in [1.807, 2.05) is 6.92 Å². The highest BCUT2D eigenvalue weighted by Gasteiger charge is 2.22. The second-order valence-electron chi connectivity index (χ2n) is 5.18. The Kier molecular flexibility index (Phi) is 7.12. The zero-order valence-electron chi connectivity index (χ0n) is 12.7. The average Bonchev–Trinajstić information content (AvgIpc) is 2.44. The third-order valence-corrected chi connectivity index (χ3v) is 3.71. The zero-order valence-corrected chi connectivity index (χ0v) is 12.7. The van der Waals surface area contributed by atoms with Crippen LogP contribution in [-0.2, 0) is 4.74 Å². The summed E-state index contributed by atoms with van der Waals surface area (Å²) in [7, 11) is 1.69. The van der Waals surface area contributed by atoms with E-state index in [1.54, 1.807) is 7.11 Å². The lowest BCUT2D eigenvalue weighted by molar-refractivity contribution is 0.134. The molecule has 2 unspecified atom stereocenters. The van der Waals surface area contributed by atoms with Gasteiger partial charge in [-0.05, 0) is 20.3 Å². The van der Waals surface area contributed by atoms with Gasteiger partial charge in [0.05, 0.1) is 12.6 Å². The lowest BCUT2D eigenvalue weighted by Gasteiger charge is -2.39. The van der Waals surface area contributed by atoms with E-state index in [0.717, 1.165) is 32.1 Å². The molecule has 1 aliphatic rings. The van der Waals surface area contributed by atoms with Gasteiger partial charge in [-0.3, -0.25) is 10.3 Å². The summed E-state index contributed by atoms with van der Waals surface area (Å²) in [4.78, 5) is 9.29. The number of hydrazine groups is 1. The highest BCUT2D eigenvalue weighted by atomic mass is 16.5. The molecule has 0 saturated carbocycles. The topological polar surface area (TPSA) is 66.1 Å². The van der Waals surface area contributed by atoms with Gasteiger partial charge >= 0.3 is 0 Å². The number of nitrogens with two attached hydrogens (primary N) is 1. The van der Waals surface area contributed by atoms with E-state index in [1.165, 1.54) is 6.42 Å². The molecule has 1 heterocycles. The first-order valence-corrected chi connectivity index (χ1v) is 7.14. The Bertz CT molecular complexity index is 276. The number of nitrogens with one attached hydrogen (secondary N) is 1. The van der Waals surface area contributed by atoms with Crippen molar-refractivity contribution in [2.45, 2.75) is 39.3 Å². The summed E-state index contributed by atoms with van der Waals surface area (Å²) in [6.07, 6.45) is 1.20. The van der Waals surface area contributed by atoms with E-state index in [0.29, 0.717) is 12.6 Å². The molecular formula is C13H29N5O. The molecule has 2 atom stereocenters. The highest BCUT2D eigenvalue weighted by Crippen LogP contribution is 2.09. The van der Waals surface area contributed by atoms with Gasteiger partial charge in [0.25, 0.3) is 0 Å². The molecular weight excluding hydrogens is 242 g/mol. The lowest BCUT2D eigenvalue weighted by atomic mass is 10.2. The fourth-order valence-electron chi connectivity index (χ4n) is 2.33. The van der Waals surface area contributed by atoms with Crippen molar-refractivity contribution < 1.29 is 4.74 Å². The molecule has 0 aromatic carbocycles. The van der Waals surface area contributed by atoms with Gasteiger partial charge < -0.3 is 9.64 Å². The van der Waals surface area contributed by atoms with Gasteiger partial charge in [0.2, 0.25) is 5.96 Å². The summed E-state index contributed by atoms with van der Waals surface area (Å²) >= 11 is 0. The van der Waals surface area contributed by atoms with Crippen LogP contribution < -0.4 is 11.3 Å². The molecule has 0 spiro atoms. The third kappa shape index (κ3) is 4.97. The van der Waals surface area contributed by atoms with Gasteiger partial charge in [0.1, 0.15) is 0 Å². The molecule has 6 nitrogen and oxygen atoms in total. The normalized spacial score (nSPS) is 21.3. The first-order chi connectivity index (χ1) is 9.12. The number of rotatable bonds is 5. The van der Waals surface area contributed by atoms with Crippen LogP contribution in [0.3, 0.4) is 0 Å². The van der Waals surface area contributed by atoms with Gasteiger partial charge in [-0.1, -0.05) is 6.92 Å². The summed E-state index contributed by atoms with van der Waals surface area (Å²) in [5.41, 5.74) is 2.72. The largest absolute Gasteiger partial charge is 0.382 e. The minimum atomic E-state index is 0.114. The fraction of sp³-hybridized carbons (Fsp3) is 0.923. The van der Waals surface area contributed by atoms with Crippen molar-refractivity contribution in [3.05, 3.63) is 0 Å². The SMILES string of the molecule is CCC(C)N1CCN(C(=NC(C)COC)NN)CC1. The molecule has 3 N–H and O–H groups in total. The summed E-state index contributed by atoms with van der Waals surface area (Å²) in [5.74, 6) is 6.36. The van der Waals surface area contributed by atoms with Crippen LogP contribution in [0, 0.1) is 0 Å². The van der Waals surface area contributed by atoms with E-state index in [-0.39, 0.29) is 6.04 Å². The predicted molar refractivity (Wildman–Crippen MR) is 79.0 cm³/mol. The first-order valence-electron chi connectivity index (χ1n) is 7.14. The fourth-order valence-corrected chi connectivity index (χ4v) is 2.33. The van der Waals surface area contributed by atoms with Crippen LogP contribution in [-0.4, -0.2) is 67.7 Å².